The summed E-state index contributed by atoms with van der Waals surface area (Å²) in [5.74, 6) is -0.367. The van der Waals surface area contributed by atoms with Crippen LogP contribution in [0.15, 0.2) is 63.8 Å². The number of hydrazone groups is 1. The van der Waals surface area contributed by atoms with Crippen LogP contribution in [0.2, 0.25) is 0 Å². The van der Waals surface area contributed by atoms with E-state index in [1.165, 1.54) is 12.3 Å². The summed E-state index contributed by atoms with van der Waals surface area (Å²) >= 11 is 0. The smallest absolute Gasteiger partial charge is 0.272 e. The molecule has 0 radical (unpaired) electrons. The molecular formula is C15H20N4O. The van der Waals surface area contributed by atoms with Crippen LogP contribution < -0.4 is 5.43 Å². The van der Waals surface area contributed by atoms with E-state index in [9.17, 15) is 4.79 Å². The zero-order chi connectivity index (χ0) is 15.4. The number of carbonyl (C=O) groups is 1. The molecule has 20 heavy (non-hydrogen) atoms. The van der Waals surface area contributed by atoms with Gasteiger partial charge in [0.15, 0.2) is 0 Å². The van der Waals surface area contributed by atoms with Crippen molar-refractivity contribution in [2.45, 2.75) is 13.8 Å². The van der Waals surface area contributed by atoms with Gasteiger partial charge in [-0.25, -0.2) is 5.43 Å². The summed E-state index contributed by atoms with van der Waals surface area (Å²) < 4.78 is 0. The van der Waals surface area contributed by atoms with Crippen molar-refractivity contribution in [3.05, 3.63) is 48.7 Å². The quantitative estimate of drug-likeness (QED) is 0.329. The van der Waals surface area contributed by atoms with Gasteiger partial charge in [0.2, 0.25) is 0 Å². The highest BCUT2D eigenvalue weighted by Crippen LogP contribution is 2.00. The minimum absolute atomic E-state index is 0.367. The van der Waals surface area contributed by atoms with Crippen LogP contribution in [0.3, 0.4) is 0 Å². The predicted molar refractivity (Wildman–Crippen MR) is 86.4 cm³/mol. The molecule has 0 fully saturated rings. The van der Waals surface area contributed by atoms with E-state index in [4.69, 9.17) is 0 Å². The largest absolute Gasteiger partial charge is 0.296 e. The summed E-state index contributed by atoms with van der Waals surface area (Å²) in [6, 6.07) is 0. The molecule has 0 rings (SSSR count). The number of nitrogens with zero attached hydrogens (tertiary/aromatic N) is 3. The molecule has 0 aromatic heterocycles. The van der Waals surface area contributed by atoms with Gasteiger partial charge in [-0.1, -0.05) is 25.3 Å². The number of hydrogen-bond acceptors (Lipinski definition) is 4. The summed E-state index contributed by atoms with van der Waals surface area (Å²) in [6.45, 7) is 10.7. The van der Waals surface area contributed by atoms with Crippen LogP contribution in [0.5, 0.6) is 0 Å². The number of hydrogen-bond donors (Lipinski definition) is 1. The van der Waals surface area contributed by atoms with Crippen molar-refractivity contribution >= 4 is 24.0 Å². The zero-order valence-corrected chi connectivity index (χ0v) is 12.1. The molecule has 0 aliphatic rings. The maximum absolute atomic E-state index is 11.9. The highest BCUT2D eigenvalue weighted by Gasteiger charge is 2.05. The van der Waals surface area contributed by atoms with Gasteiger partial charge < -0.3 is 0 Å². The second-order valence-corrected chi connectivity index (χ2v) is 3.56. The molecule has 1 amide bonds. The van der Waals surface area contributed by atoms with Gasteiger partial charge in [-0.2, -0.15) is 5.10 Å². The third-order valence-corrected chi connectivity index (χ3v) is 2.07. The topological polar surface area (TPSA) is 66.2 Å². The van der Waals surface area contributed by atoms with Crippen LogP contribution >= 0.6 is 0 Å². The van der Waals surface area contributed by atoms with Gasteiger partial charge in [-0.15, -0.1) is 0 Å². The van der Waals surface area contributed by atoms with Gasteiger partial charge in [0.05, 0.1) is 17.0 Å². The maximum atomic E-state index is 11.9. The monoisotopic (exact) mass is 272 g/mol. The third kappa shape index (κ3) is 6.39. The van der Waals surface area contributed by atoms with Crippen molar-refractivity contribution in [2.24, 2.45) is 15.1 Å². The number of nitrogens with one attached hydrogen (secondary N) is 1. The average Bonchev–Trinajstić information content (AvgIpc) is 2.44. The van der Waals surface area contributed by atoms with Crippen molar-refractivity contribution in [3.63, 3.8) is 0 Å². The van der Waals surface area contributed by atoms with E-state index in [2.05, 4.69) is 33.7 Å². The zero-order valence-electron chi connectivity index (χ0n) is 12.1. The van der Waals surface area contributed by atoms with Crippen LogP contribution in [-0.2, 0) is 4.79 Å². The molecule has 0 heterocycles. The van der Waals surface area contributed by atoms with Gasteiger partial charge in [-0.05, 0) is 26.0 Å². The number of amides is 1. The Morgan fingerprint density at radius 2 is 1.85 bits per heavy atom. The van der Waals surface area contributed by atoms with Gasteiger partial charge in [0.25, 0.3) is 5.91 Å². The summed E-state index contributed by atoms with van der Waals surface area (Å²) in [5.41, 5.74) is 4.01. The molecule has 5 nitrogen and oxygen atoms in total. The second-order valence-electron chi connectivity index (χ2n) is 3.56. The predicted octanol–water partition coefficient (Wildman–Crippen LogP) is 2.45. The molecule has 0 spiro atoms. The Hall–Kier alpha value is -2.56. The highest BCUT2D eigenvalue weighted by atomic mass is 16.2. The first kappa shape index (κ1) is 17.4. The van der Waals surface area contributed by atoms with Crippen molar-refractivity contribution in [1.82, 2.24) is 5.43 Å². The van der Waals surface area contributed by atoms with Crippen LogP contribution in [0.4, 0.5) is 0 Å². The van der Waals surface area contributed by atoms with Crippen molar-refractivity contribution in [1.29, 1.82) is 0 Å². The summed E-state index contributed by atoms with van der Waals surface area (Å²) in [4.78, 5) is 19.8. The lowest BCUT2D eigenvalue weighted by Crippen LogP contribution is -2.22. The summed E-state index contributed by atoms with van der Waals surface area (Å²) in [5, 5.41) is 4.00. The molecule has 0 aliphatic carbocycles. The molecule has 0 aromatic rings. The van der Waals surface area contributed by atoms with E-state index in [0.717, 1.165) is 0 Å². The lowest BCUT2D eigenvalue weighted by Gasteiger charge is -2.03. The van der Waals surface area contributed by atoms with Crippen LogP contribution in [0, 0.1) is 0 Å². The lowest BCUT2D eigenvalue weighted by atomic mass is 10.2. The standard InChI is InChI=1S/C15H20N4O/c1-6-9-13(11-16-5)15(20)19-18-12(4)14(10-7-2)17-8-3/h6-11H,1-2H2,3-5H3,(H,19,20)/b13-9+,14-10-,16-11?,17-8?,18-12+. The molecule has 0 unspecified atom stereocenters. The summed E-state index contributed by atoms with van der Waals surface area (Å²) in [7, 11) is 1.58. The summed E-state index contributed by atoms with van der Waals surface area (Å²) in [6.07, 6.45) is 9.46. The fourth-order valence-corrected chi connectivity index (χ4v) is 1.21. The first-order chi connectivity index (χ1) is 9.60. The van der Waals surface area contributed by atoms with E-state index in [1.807, 2.05) is 0 Å². The van der Waals surface area contributed by atoms with E-state index >= 15 is 0 Å². The SMILES string of the molecule is C=C/C=C(N=CC)/C(C)=N/NC(=O)/C(C=NC)=C/C=C. The average molecular weight is 272 g/mol. The molecule has 1 N–H and O–H groups in total. The molecule has 106 valence electrons. The Kier molecular flexibility index (Phi) is 9.04. The minimum atomic E-state index is -0.367. The van der Waals surface area contributed by atoms with E-state index in [-0.39, 0.29) is 5.91 Å². The fourth-order valence-electron chi connectivity index (χ4n) is 1.21. The maximum Gasteiger partial charge on any atom is 0.272 e. The third-order valence-electron chi connectivity index (χ3n) is 2.07. The minimum Gasteiger partial charge on any atom is -0.296 e. The van der Waals surface area contributed by atoms with Gasteiger partial charge in [-0.3, -0.25) is 14.8 Å². The van der Waals surface area contributed by atoms with Crippen LogP contribution in [0.25, 0.3) is 0 Å². The van der Waals surface area contributed by atoms with Gasteiger partial charge in [0, 0.05) is 19.5 Å². The normalized spacial score (nSPS) is 13.8. The number of aliphatic imine (C=N–C) groups is 2. The lowest BCUT2D eigenvalue weighted by molar-refractivity contribution is -0.116. The van der Waals surface area contributed by atoms with E-state index in [0.29, 0.717) is 17.0 Å². The number of allylic oxidation sites excluding steroid dienone is 5. The molecule has 5 heteroatoms. The van der Waals surface area contributed by atoms with Crippen molar-refractivity contribution in [2.75, 3.05) is 7.05 Å². The number of carbonyl (C=O) groups excluding carboxylic acids is 1. The fraction of sp³-hybridized carbons (Fsp3) is 0.200. The Labute approximate surface area is 119 Å². The van der Waals surface area contributed by atoms with Gasteiger partial charge >= 0.3 is 0 Å². The van der Waals surface area contributed by atoms with Crippen LogP contribution in [-0.4, -0.2) is 31.1 Å². The van der Waals surface area contributed by atoms with E-state index in [1.54, 1.807) is 45.3 Å². The Morgan fingerprint density at radius 1 is 1.20 bits per heavy atom. The van der Waals surface area contributed by atoms with E-state index < -0.39 is 0 Å². The molecule has 0 saturated carbocycles. The molecule has 0 bridgehead atoms. The molecule has 0 aliphatic heterocycles. The van der Waals surface area contributed by atoms with Gasteiger partial charge in [0.1, 0.15) is 0 Å². The highest BCUT2D eigenvalue weighted by molar-refractivity contribution is 6.12. The molecule has 0 saturated heterocycles. The molecule has 0 aromatic carbocycles. The Bertz CT molecular complexity index is 508. The van der Waals surface area contributed by atoms with Crippen LogP contribution in [0.1, 0.15) is 13.8 Å². The number of rotatable bonds is 7. The Balaban J connectivity index is 5.04. The Morgan fingerprint density at radius 3 is 2.35 bits per heavy atom. The molecular weight excluding hydrogens is 252 g/mol. The molecule has 0 atom stereocenters. The van der Waals surface area contributed by atoms with Crippen molar-refractivity contribution < 1.29 is 4.79 Å². The first-order valence-corrected chi connectivity index (χ1v) is 6.02. The van der Waals surface area contributed by atoms with Crippen molar-refractivity contribution in [3.8, 4) is 0 Å². The first-order valence-electron chi connectivity index (χ1n) is 6.02. The second kappa shape index (κ2) is 10.4.